The van der Waals surface area contributed by atoms with E-state index in [0.717, 1.165) is 30.6 Å². The van der Waals surface area contributed by atoms with E-state index < -0.39 is 30.4 Å². The number of carbonyl (C=O) groups is 1. The molecule has 1 aliphatic heterocycles. The van der Waals surface area contributed by atoms with Gasteiger partial charge in [-0.05, 0) is 43.9 Å². The van der Waals surface area contributed by atoms with Crippen LogP contribution in [0.4, 0.5) is 32.0 Å². The van der Waals surface area contributed by atoms with Gasteiger partial charge in [0.15, 0.2) is 5.69 Å². The van der Waals surface area contributed by atoms with Crippen molar-refractivity contribution in [1.82, 2.24) is 24.2 Å². The fraction of sp³-hybridized carbons (Fsp3) is 0.480. The molecule has 0 aliphatic carbocycles. The molecule has 0 spiro atoms. The number of hydrogen-bond donors (Lipinski definition) is 1. The van der Waals surface area contributed by atoms with Crippen molar-refractivity contribution < 1.29 is 35.9 Å². The number of amides is 1. The zero-order valence-corrected chi connectivity index (χ0v) is 22.2. The van der Waals surface area contributed by atoms with E-state index in [-0.39, 0.29) is 24.6 Å². The second-order valence-electron chi connectivity index (χ2n) is 9.46. The minimum atomic E-state index is -4.59. The van der Waals surface area contributed by atoms with Crippen LogP contribution in [0, 0.1) is 12.8 Å². The molecular weight excluding hydrogens is 562 g/mol. The van der Waals surface area contributed by atoms with E-state index >= 15 is 0 Å². The van der Waals surface area contributed by atoms with Gasteiger partial charge in [-0.3, -0.25) is 9.78 Å². The number of aromatic nitrogens is 4. The number of halogens is 6. The lowest BCUT2D eigenvalue weighted by Gasteiger charge is -2.32. The molecule has 216 valence electrons. The number of nitrogens with one attached hydrogen (secondary N) is 1. The Morgan fingerprint density at radius 1 is 1.12 bits per heavy atom. The summed E-state index contributed by atoms with van der Waals surface area (Å²) in [5, 5.41) is 2.73. The highest BCUT2D eigenvalue weighted by Crippen LogP contribution is 2.28. The number of likely N-dealkylation sites (tertiary alicyclic amines) is 1. The van der Waals surface area contributed by atoms with Gasteiger partial charge in [0.25, 0.3) is 5.91 Å². The van der Waals surface area contributed by atoms with E-state index in [1.807, 2.05) is 0 Å². The molecule has 1 saturated heterocycles. The van der Waals surface area contributed by atoms with Gasteiger partial charge in [0.2, 0.25) is 5.88 Å². The molecule has 1 fully saturated rings. The Hall–Kier alpha value is -3.33. The number of ether oxygens (including phenoxy) is 1. The summed E-state index contributed by atoms with van der Waals surface area (Å²) in [6, 6.07) is 3.18. The molecule has 1 amide bonds. The van der Waals surface area contributed by atoms with Gasteiger partial charge < -0.3 is 15.0 Å². The van der Waals surface area contributed by atoms with Gasteiger partial charge in [0.1, 0.15) is 0 Å². The van der Waals surface area contributed by atoms with E-state index in [0.29, 0.717) is 53.6 Å². The van der Waals surface area contributed by atoms with Crippen molar-refractivity contribution in [2.45, 2.75) is 45.0 Å². The Kier molecular flexibility index (Phi) is 9.23. The predicted octanol–water partition coefficient (Wildman–Crippen LogP) is 5.54. The Labute approximate surface area is 230 Å². The molecule has 0 aromatic carbocycles. The van der Waals surface area contributed by atoms with Crippen LogP contribution in [0.5, 0.6) is 5.88 Å². The Morgan fingerprint density at radius 2 is 1.93 bits per heavy atom. The first-order valence-corrected chi connectivity index (χ1v) is 13.2. The van der Waals surface area contributed by atoms with E-state index in [1.54, 1.807) is 24.0 Å². The number of alkyl halides is 6. The molecule has 0 radical (unpaired) electrons. The average molecular weight is 589 g/mol. The van der Waals surface area contributed by atoms with Crippen molar-refractivity contribution in [2.75, 3.05) is 31.6 Å². The molecule has 15 heteroatoms. The molecule has 0 bridgehead atoms. The number of rotatable bonds is 9. The van der Waals surface area contributed by atoms with Gasteiger partial charge in [-0.2, -0.15) is 30.7 Å². The maximum atomic E-state index is 13.0. The van der Waals surface area contributed by atoms with Crippen LogP contribution < -0.4 is 10.1 Å². The van der Waals surface area contributed by atoms with Crippen molar-refractivity contribution in [2.24, 2.45) is 5.92 Å². The maximum Gasteiger partial charge on any atom is 0.434 e. The van der Waals surface area contributed by atoms with Gasteiger partial charge >= 0.3 is 12.4 Å². The van der Waals surface area contributed by atoms with Crippen LogP contribution >= 0.6 is 11.5 Å². The summed E-state index contributed by atoms with van der Waals surface area (Å²) in [7, 11) is 0. The third-order valence-corrected chi connectivity index (χ3v) is 7.21. The predicted molar refractivity (Wildman–Crippen MR) is 134 cm³/mol. The average Bonchev–Trinajstić information content (AvgIpc) is 3.26. The van der Waals surface area contributed by atoms with Crippen LogP contribution in [0.3, 0.4) is 0 Å². The first-order valence-electron chi connectivity index (χ1n) is 12.4. The third kappa shape index (κ3) is 8.34. The standard InChI is InChI=1S/C25H26F6N6O2S/c1-15-22(19(40-36-15)9-18-11-33-20(12-32-18)25(29,30)31)23(38)35-17-4-5-21(34-10-17)39-14-16-3-2-7-37(13-16)8-6-24(26,27)28/h4-5,10-12,16H,2-3,6-9,13-14H2,1H3,(H,35,38). The number of aryl methyl sites for hydroxylation is 1. The molecule has 4 rings (SSSR count). The van der Waals surface area contributed by atoms with Gasteiger partial charge in [-0.25, -0.2) is 9.97 Å². The second-order valence-corrected chi connectivity index (χ2v) is 10.3. The SMILES string of the molecule is Cc1nsc(Cc2cnc(C(F)(F)F)cn2)c1C(=O)Nc1ccc(OCC2CCCN(CCC(F)(F)F)C2)nc1. The summed E-state index contributed by atoms with van der Waals surface area (Å²) in [5.74, 6) is -0.0527. The molecule has 1 aliphatic rings. The van der Waals surface area contributed by atoms with Gasteiger partial charge in [0, 0.05) is 42.6 Å². The monoisotopic (exact) mass is 588 g/mol. The fourth-order valence-corrected chi connectivity index (χ4v) is 5.18. The van der Waals surface area contributed by atoms with Crippen molar-refractivity contribution in [3.63, 3.8) is 0 Å². The zero-order chi connectivity index (χ0) is 28.9. The van der Waals surface area contributed by atoms with Gasteiger partial charge in [0.05, 0.1) is 48.1 Å². The van der Waals surface area contributed by atoms with E-state index in [1.165, 1.54) is 6.20 Å². The number of piperidine rings is 1. The Balaban J connectivity index is 1.30. The van der Waals surface area contributed by atoms with Crippen LogP contribution in [0.15, 0.2) is 30.7 Å². The normalized spacial score (nSPS) is 16.6. The second kappa shape index (κ2) is 12.5. The number of hydrogen-bond acceptors (Lipinski definition) is 8. The van der Waals surface area contributed by atoms with E-state index in [4.69, 9.17) is 4.74 Å². The maximum absolute atomic E-state index is 13.0. The van der Waals surface area contributed by atoms with Crippen molar-refractivity contribution >= 4 is 23.1 Å². The number of nitrogens with zero attached hydrogens (tertiary/aromatic N) is 5. The molecule has 1 N–H and O–H groups in total. The van der Waals surface area contributed by atoms with Crippen molar-refractivity contribution in [1.29, 1.82) is 0 Å². The summed E-state index contributed by atoms with van der Waals surface area (Å²) in [4.78, 5) is 26.7. The van der Waals surface area contributed by atoms with Crippen LogP contribution in [0.25, 0.3) is 0 Å². The topological polar surface area (TPSA) is 93.1 Å². The van der Waals surface area contributed by atoms with Crippen LogP contribution in [-0.4, -0.2) is 62.6 Å². The highest BCUT2D eigenvalue weighted by Gasteiger charge is 2.33. The third-order valence-electron chi connectivity index (χ3n) is 6.27. The minimum absolute atomic E-state index is 0.0226. The molecule has 1 atom stereocenters. The molecule has 3 aromatic heterocycles. The molecule has 1 unspecified atom stereocenters. The molecule has 0 saturated carbocycles. The molecule has 8 nitrogen and oxygen atoms in total. The minimum Gasteiger partial charge on any atom is -0.477 e. The first kappa shape index (κ1) is 29.6. The summed E-state index contributed by atoms with van der Waals surface area (Å²) in [6.45, 7) is 3.11. The lowest BCUT2D eigenvalue weighted by molar-refractivity contribution is -0.141. The van der Waals surface area contributed by atoms with Crippen LogP contribution in [-0.2, 0) is 12.6 Å². The molecule has 40 heavy (non-hydrogen) atoms. The van der Waals surface area contributed by atoms with Crippen molar-refractivity contribution in [3.05, 3.63) is 58.2 Å². The lowest BCUT2D eigenvalue weighted by atomic mass is 9.99. The largest absolute Gasteiger partial charge is 0.477 e. The smallest absolute Gasteiger partial charge is 0.434 e. The molecule has 3 aromatic rings. The highest BCUT2D eigenvalue weighted by atomic mass is 32.1. The number of pyridine rings is 1. The zero-order valence-electron chi connectivity index (χ0n) is 21.3. The van der Waals surface area contributed by atoms with Gasteiger partial charge in [-0.1, -0.05) is 0 Å². The Morgan fingerprint density at radius 3 is 2.58 bits per heavy atom. The summed E-state index contributed by atoms with van der Waals surface area (Å²) >= 11 is 1.05. The Bertz CT molecular complexity index is 1280. The fourth-order valence-electron chi connectivity index (χ4n) is 4.30. The highest BCUT2D eigenvalue weighted by molar-refractivity contribution is 7.06. The van der Waals surface area contributed by atoms with E-state index in [2.05, 4.69) is 24.6 Å². The van der Waals surface area contributed by atoms with Crippen LogP contribution in [0.1, 0.15) is 51.6 Å². The van der Waals surface area contributed by atoms with Gasteiger partial charge in [-0.15, -0.1) is 0 Å². The molecular formula is C25H26F6N6O2S. The first-order chi connectivity index (χ1) is 18.9. The molecule has 4 heterocycles. The van der Waals surface area contributed by atoms with Crippen molar-refractivity contribution in [3.8, 4) is 5.88 Å². The van der Waals surface area contributed by atoms with Crippen LogP contribution in [0.2, 0.25) is 0 Å². The quantitative estimate of drug-likeness (QED) is 0.328. The number of anilines is 1. The van der Waals surface area contributed by atoms with E-state index in [9.17, 15) is 31.1 Å². The summed E-state index contributed by atoms with van der Waals surface area (Å²) in [5.41, 5.74) is 0.298. The number of carbonyl (C=O) groups excluding carboxylic acids is 1. The lowest BCUT2D eigenvalue weighted by Crippen LogP contribution is -2.39. The summed E-state index contributed by atoms with van der Waals surface area (Å²) < 4.78 is 85.7. The summed E-state index contributed by atoms with van der Waals surface area (Å²) in [6.07, 6.45) is -4.78.